The number of nitrogens with one attached hydrogen (secondary N) is 2. The Morgan fingerprint density at radius 1 is 1.17 bits per heavy atom. The molecule has 0 saturated carbocycles. The predicted molar refractivity (Wildman–Crippen MR) is 79.5 cm³/mol. The summed E-state index contributed by atoms with van der Waals surface area (Å²) in [5.74, 6) is -2.43. The number of amides is 2. The molecule has 3 N–H and O–H groups in total. The maximum Gasteiger partial charge on any atom is 0.407 e. The first-order valence-electron chi connectivity index (χ1n) is 6.84. The third kappa shape index (κ3) is 7.60. The highest BCUT2D eigenvalue weighted by Gasteiger charge is 2.21. The summed E-state index contributed by atoms with van der Waals surface area (Å²) in [4.78, 5) is 44.7. The number of carboxylic acid groups (broad SMARTS) is 1. The summed E-state index contributed by atoms with van der Waals surface area (Å²) in [5, 5.41) is 13.4. The number of carbonyl (C=O) groups excluding carboxylic acids is 3. The fourth-order valence-electron chi connectivity index (χ4n) is 1.63. The second-order valence-electron chi connectivity index (χ2n) is 4.78. The van der Waals surface area contributed by atoms with Gasteiger partial charge < -0.3 is 20.5 Å². The van der Waals surface area contributed by atoms with Crippen molar-refractivity contribution in [1.82, 2.24) is 10.6 Å². The van der Waals surface area contributed by atoms with Crippen molar-refractivity contribution in [2.45, 2.75) is 26.0 Å². The first-order valence-corrected chi connectivity index (χ1v) is 6.84. The van der Waals surface area contributed by atoms with E-state index in [1.807, 2.05) is 6.07 Å². The van der Waals surface area contributed by atoms with Gasteiger partial charge in [0.05, 0.1) is 13.0 Å². The molecule has 1 aromatic rings. The molecule has 8 heteroatoms. The Balaban J connectivity index is 2.39. The van der Waals surface area contributed by atoms with Gasteiger partial charge in [0.1, 0.15) is 18.4 Å². The van der Waals surface area contributed by atoms with Crippen LogP contribution in [0.25, 0.3) is 0 Å². The van der Waals surface area contributed by atoms with E-state index in [1.165, 1.54) is 6.92 Å². The van der Waals surface area contributed by atoms with Crippen molar-refractivity contribution < 1.29 is 29.0 Å². The molecule has 1 aromatic carbocycles. The molecule has 0 aliphatic carbocycles. The maximum absolute atomic E-state index is 11.5. The van der Waals surface area contributed by atoms with Crippen molar-refractivity contribution in [3.63, 3.8) is 0 Å². The molecule has 0 aliphatic heterocycles. The van der Waals surface area contributed by atoms with E-state index in [1.54, 1.807) is 24.3 Å². The number of aliphatic carboxylic acids is 1. The first-order chi connectivity index (χ1) is 10.9. The normalized spacial score (nSPS) is 11.2. The highest BCUT2D eigenvalue weighted by atomic mass is 16.5. The van der Waals surface area contributed by atoms with E-state index >= 15 is 0 Å². The summed E-state index contributed by atoms with van der Waals surface area (Å²) in [6.45, 7) is 0.905. The number of ether oxygens (including phenoxy) is 1. The molecule has 0 radical (unpaired) electrons. The number of benzene rings is 1. The van der Waals surface area contributed by atoms with Crippen molar-refractivity contribution >= 4 is 23.8 Å². The first kappa shape index (κ1) is 18.1. The minimum atomic E-state index is -1.34. The van der Waals surface area contributed by atoms with E-state index < -0.39 is 30.4 Å². The van der Waals surface area contributed by atoms with Crippen LogP contribution < -0.4 is 10.6 Å². The molecule has 1 rings (SSSR count). The van der Waals surface area contributed by atoms with Gasteiger partial charge in [0.15, 0.2) is 0 Å². The monoisotopic (exact) mass is 322 g/mol. The van der Waals surface area contributed by atoms with Gasteiger partial charge in [0.2, 0.25) is 5.91 Å². The van der Waals surface area contributed by atoms with E-state index in [2.05, 4.69) is 10.6 Å². The largest absolute Gasteiger partial charge is 0.480 e. The highest BCUT2D eigenvalue weighted by Crippen LogP contribution is 2.00. The Kier molecular flexibility index (Phi) is 7.25. The Hall–Kier alpha value is -2.90. The zero-order valence-electron chi connectivity index (χ0n) is 12.6. The smallest absolute Gasteiger partial charge is 0.407 e. The molecule has 0 bridgehead atoms. The van der Waals surface area contributed by atoms with Crippen molar-refractivity contribution in [3.05, 3.63) is 35.9 Å². The summed E-state index contributed by atoms with van der Waals surface area (Å²) in [6, 6.07) is 7.62. The van der Waals surface area contributed by atoms with Crippen molar-refractivity contribution in [3.8, 4) is 0 Å². The number of ketones is 1. The number of hydrogen-bond acceptors (Lipinski definition) is 5. The Bertz CT molecular complexity index is 573. The predicted octanol–water partition coefficient (Wildman–Crippen LogP) is 0.461. The molecule has 2 amide bonds. The fraction of sp³-hybridized carbons (Fsp3) is 0.333. The zero-order valence-corrected chi connectivity index (χ0v) is 12.6. The number of carboxylic acids is 1. The lowest BCUT2D eigenvalue weighted by Gasteiger charge is -2.15. The summed E-state index contributed by atoms with van der Waals surface area (Å²) >= 11 is 0. The lowest BCUT2D eigenvalue weighted by Crippen LogP contribution is -2.48. The van der Waals surface area contributed by atoms with Crippen LogP contribution in [-0.2, 0) is 25.7 Å². The third-order valence-electron chi connectivity index (χ3n) is 2.71. The maximum atomic E-state index is 11.5. The summed E-state index contributed by atoms with van der Waals surface area (Å²) < 4.78 is 4.92. The Labute approximate surface area is 132 Å². The van der Waals surface area contributed by atoms with Crippen molar-refractivity contribution in [2.24, 2.45) is 0 Å². The number of hydrogen-bond donors (Lipinski definition) is 3. The van der Waals surface area contributed by atoms with Crippen LogP contribution in [0.3, 0.4) is 0 Å². The van der Waals surface area contributed by atoms with Crippen molar-refractivity contribution in [1.29, 1.82) is 0 Å². The SMILES string of the molecule is CC(=O)CC(=O)N[C@@H](CNC(=O)OCc1ccccc1)C(=O)O. The van der Waals surface area contributed by atoms with Gasteiger partial charge in [0, 0.05) is 0 Å². The van der Waals surface area contributed by atoms with E-state index in [9.17, 15) is 19.2 Å². The van der Waals surface area contributed by atoms with Gasteiger partial charge in [0.25, 0.3) is 0 Å². The topological polar surface area (TPSA) is 122 Å². The van der Waals surface area contributed by atoms with Crippen LogP contribution in [0.15, 0.2) is 30.3 Å². The molecule has 1 atom stereocenters. The van der Waals surface area contributed by atoms with Gasteiger partial charge in [-0.3, -0.25) is 9.59 Å². The van der Waals surface area contributed by atoms with Gasteiger partial charge in [-0.15, -0.1) is 0 Å². The van der Waals surface area contributed by atoms with Crippen LogP contribution in [0.5, 0.6) is 0 Å². The van der Waals surface area contributed by atoms with Gasteiger partial charge in [-0.05, 0) is 12.5 Å². The van der Waals surface area contributed by atoms with E-state index in [-0.39, 0.29) is 18.9 Å². The van der Waals surface area contributed by atoms with Crippen LogP contribution in [-0.4, -0.2) is 41.4 Å². The van der Waals surface area contributed by atoms with Crippen LogP contribution in [0, 0.1) is 0 Å². The van der Waals surface area contributed by atoms with Gasteiger partial charge in [-0.1, -0.05) is 30.3 Å². The van der Waals surface area contributed by atoms with Crippen LogP contribution in [0.1, 0.15) is 18.9 Å². The van der Waals surface area contributed by atoms with Crippen molar-refractivity contribution in [2.75, 3.05) is 6.54 Å². The number of alkyl carbamates (subject to hydrolysis) is 1. The third-order valence-corrected chi connectivity index (χ3v) is 2.71. The average Bonchev–Trinajstić information content (AvgIpc) is 2.49. The Morgan fingerprint density at radius 3 is 2.39 bits per heavy atom. The molecular weight excluding hydrogens is 304 g/mol. The molecule has 0 aromatic heterocycles. The van der Waals surface area contributed by atoms with Gasteiger partial charge in [-0.2, -0.15) is 0 Å². The average molecular weight is 322 g/mol. The van der Waals surface area contributed by atoms with Crippen LogP contribution in [0.2, 0.25) is 0 Å². The van der Waals surface area contributed by atoms with Gasteiger partial charge >= 0.3 is 12.1 Å². The van der Waals surface area contributed by atoms with E-state index in [0.29, 0.717) is 0 Å². The quantitative estimate of drug-likeness (QED) is 0.598. The van der Waals surface area contributed by atoms with Crippen LogP contribution in [0.4, 0.5) is 4.79 Å². The summed E-state index contributed by atoms with van der Waals surface area (Å²) in [5.41, 5.74) is 0.784. The standard InChI is InChI=1S/C15H18N2O6/c1-10(18)7-13(19)17-12(14(20)21)8-16-15(22)23-9-11-5-3-2-4-6-11/h2-6,12H,7-9H2,1H3,(H,16,22)(H,17,19)(H,20,21)/t12-/m0/s1. The zero-order chi connectivity index (χ0) is 17.2. The molecule has 124 valence electrons. The summed E-state index contributed by atoms with van der Waals surface area (Å²) in [6.07, 6.45) is -1.22. The molecule has 0 unspecified atom stereocenters. The highest BCUT2D eigenvalue weighted by molar-refractivity contribution is 5.98. The van der Waals surface area contributed by atoms with E-state index in [4.69, 9.17) is 9.84 Å². The van der Waals surface area contributed by atoms with Crippen LogP contribution >= 0.6 is 0 Å². The van der Waals surface area contributed by atoms with Gasteiger partial charge in [-0.25, -0.2) is 9.59 Å². The molecule has 0 spiro atoms. The number of Topliss-reactive ketones (excluding diaryl/α,β-unsaturated/α-hetero) is 1. The Morgan fingerprint density at radius 2 is 1.83 bits per heavy atom. The lowest BCUT2D eigenvalue weighted by atomic mass is 10.2. The minimum Gasteiger partial charge on any atom is -0.480 e. The molecule has 0 saturated heterocycles. The molecular formula is C15H18N2O6. The molecule has 23 heavy (non-hydrogen) atoms. The summed E-state index contributed by atoms with van der Waals surface area (Å²) in [7, 11) is 0. The second-order valence-corrected chi connectivity index (χ2v) is 4.78. The van der Waals surface area contributed by atoms with E-state index in [0.717, 1.165) is 5.56 Å². The minimum absolute atomic E-state index is 0.0428. The lowest BCUT2D eigenvalue weighted by molar-refractivity contribution is -0.142. The molecule has 0 heterocycles. The molecule has 0 aliphatic rings. The molecule has 8 nitrogen and oxygen atoms in total. The fourth-order valence-corrected chi connectivity index (χ4v) is 1.63. The second kappa shape index (κ2) is 9.19. The molecule has 0 fully saturated rings. The number of carbonyl (C=O) groups is 4. The number of rotatable bonds is 8.